The van der Waals surface area contributed by atoms with Crippen LogP contribution in [-0.2, 0) is 19.4 Å². The normalized spacial score (nSPS) is 12.5. The van der Waals surface area contributed by atoms with Gasteiger partial charge in [-0.2, -0.15) is 0 Å². The Kier molecular flexibility index (Phi) is 7.85. The van der Waals surface area contributed by atoms with E-state index in [2.05, 4.69) is 10.6 Å². The van der Waals surface area contributed by atoms with Gasteiger partial charge >= 0.3 is 0 Å². The SMILES string of the molecule is CC(C)[C@H](N)C(=O)NCC(=O)NCCOc1ccc(S(C)(=O)=O)cc1. The lowest BCUT2D eigenvalue weighted by molar-refractivity contribution is -0.127. The summed E-state index contributed by atoms with van der Waals surface area (Å²) in [6, 6.07) is 5.36. The van der Waals surface area contributed by atoms with Gasteiger partial charge in [0.2, 0.25) is 11.8 Å². The number of sulfone groups is 1. The molecule has 140 valence electrons. The zero-order valence-electron chi connectivity index (χ0n) is 14.6. The number of carbonyl (C=O) groups excluding carboxylic acids is 2. The van der Waals surface area contributed by atoms with Gasteiger partial charge in [0.05, 0.1) is 24.0 Å². The molecule has 0 radical (unpaired) electrons. The van der Waals surface area contributed by atoms with Crippen LogP contribution >= 0.6 is 0 Å². The molecule has 0 saturated heterocycles. The summed E-state index contributed by atoms with van der Waals surface area (Å²) in [5.74, 6) is -0.226. The topological polar surface area (TPSA) is 128 Å². The quantitative estimate of drug-likeness (QED) is 0.511. The van der Waals surface area contributed by atoms with Crippen LogP contribution in [0.15, 0.2) is 29.2 Å². The zero-order valence-corrected chi connectivity index (χ0v) is 15.4. The van der Waals surface area contributed by atoms with Crippen LogP contribution < -0.4 is 21.1 Å². The average Bonchev–Trinajstić information content (AvgIpc) is 2.55. The highest BCUT2D eigenvalue weighted by atomic mass is 32.2. The van der Waals surface area contributed by atoms with Crippen molar-refractivity contribution in [1.29, 1.82) is 0 Å². The monoisotopic (exact) mass is 371 g/mol. The predicted octanol–water partition coefficient (Wildman–Crippen LogP) is -0.315. The Morgan fingerprint density at radius 3 is 2.28 bits per heavy atom. The van der Waals surface area contributed by atoms with Gasteiger partial charge in [-0.1, -0.05) is 13.8 Å². The second-order valence-corrected chi connectivity index (χ2v) is 7.95. The van der Waals surface area contributed by atoms with Crippen molar-refractivity contribution in [1.82, 2.24) is 10.6 Å². The molecule has 0 spiro atoms. The van der Waals surface area contributed by atoms with E-state index in [1.165, 1.54) is 12.1 Å². The first-order valence-corrected chi connectivity index (χ1v) is 9.73. The van der Waals surface area contributed by atoms with E-state index in [1.54, 1.807) is 12.1 Å². The van der Waals surface area contributed by atoms with E-state index >= 15 is 0 Å². The van der Waals surface area contributed by atoms with Crippen LogP contribution in [0.2, 0.25) is 0 Å². The molecule has 8 nitrogen and oxygen atoms in total. The summed E-state index contributed by atoms with van der Waals surface area (Å²) in [6.07, 6.45) is 1.13. The average molecular weight is 371 g/mol. The van der Waals surface area contributed by atoms with Gasteiger partial charge in [0.1, 0.15) is 12.4 Å². The molecule has 25 heavy (non-hydrogen) atoms. The summed E-state index contributed by atoms with van der Waals surface area (Å²) in [5.41, 5.74) is 5.67. The van der Waals surface area contributed by atoms with Crippen molar-refractivity contribution in [3.05, 3.63) is 24.3 Å². The second-order valence-electron chi connectivity index (χ2n) is 5.93. The van der Waals surface area contributed by atoms with Crippen LogP contribution in [0.1, 0.15) is 13.8 Å². The maximum Gasteiger partial charge on any atom is 0.239 e. The van der Waals surface area contributed by atoms with Gasteiger partial charge in [-0.25, -0.2) is 8.42 Å². The van der Waals surface area contributed by atoms with Crippen LogP contribution in [0, 0.1) is 5.92 Å². The van der Waals surface area contributed by atoms with Gasteiger partial charge in [0, 0.05) is 6.26 Å². The summed E-state index contributed by atoms with van der Waals surface area (Å²) in [4.78, 5) is 23.4. The van der Waals surface area contributed by atoms with Gasteiger partial charge < -0.3 is 21.1 Å². The molecule has 0 bridgehead atoms. The Morgan fingerprint density at radius 1 is 1.16 bits per heavy atom. The molecule has 0 saturated carbocycles. The van der Waals surface area contributed by atoms with Crippen molar-refractivity contribution in [3.8, 4) is 5.75 Å². The smallest absolute Gasteiger partial charge is 0.239 e. The molecular formula is C16H25N3O5S. The van der Waals surface area contributed by atoms with Crippen molar-refractivity contribution in [2.24, 2.45) is 11.7 Å². The molecule has 0 fully saturated rings. The van der Waals surface area contributed by atoms with E-state index in [0.29, 0.717) is 5.75 Å². The number of carbonyl (C=O) groups is 2. The minimum atomic E-state index is -3.24. The lowest BCUT2D eigenvalue weighted by Crippen LogP contribution is -2.47. The number of nitrogens with one attached hydrogen (secondary N) is 2. The van der Waals surface area contributed by atoms with Crippen LogP contribution in [-0.4, -0.2) is 52.2 Å². The van der Waals surface area contributed by atoms with E-state index in [1.807, 2.05) is 13.8 Å². The molecule has 1 atom stereocenters. The lowest BCUT2D eigenvalue weighted by atomic mass is 10.1. The number of hydrogen-bond acceptors (Lipinski definition) is 6. The summed E-state index contributed by atoms with van der Waals surface area (Å²) in [6.45, 7) is 3.96. The third-order valence-corrected chi connectivity index (χ3v) is 4.52. The number of rotatable bonds is 9. The zero-order chi connectivity index (χ0) is 19.0. The molecule has 2 amide bonds. The standard InChI is InChI=1S/C16H25N3O5S/c1-11(2)15(17)16(21)19-10-14(20)18-8-9-24-12-4-6-13(7-5-12)25(3,22)23/h4-7,11,15H,8-10,17H2,1-3H3,(H,18,20)(H,19,21)/t15-/m0/s1. The van der Waals surface area contributed by atoms with Crippen LogP contribution in [0.5, 0.6) is 5.75 Å². The van der Waals surface area contributed by atoms with E-state index in [0.717, 1.165) is 6.26 Å². The highest BCUT2D eigenvalue weighted by Crippen LogP contribution is 2.15. The fourth-order valence-corrected chi connectivity index (χ4v) is 2.42. The first-order chi connectivity index (χ1) is 11.6. The number of amides is 2. The Labute approximate surface area is 148 Å². The third kappa shape index (κ3) is 7.53. The van der Waals surface area contributed by atoms with Crippen LogP contribution in [0.3, 0.4) is 0 Å². The van der Waals surface area contributed by atoms with Crippen molar-refractivity contribution >= 4 is 21.7 Å². The largest absolute Gasteiger partial charge is 0.492 e. The van der Waals surface area contributed by atoms with E-state index in [-0.39, 0.29) is 42.3 Å². The highest BCUT2D eigenvalue weighted by molar-refractivity contribution is 7.90. The van der Waals surface area contributed by atoms with Crippen LogP contribution in [0.25, 0.3) is 0 Å². The van der Waals surface area contributed by atoms with Gasteiger partial charge in [-0.15, -0.1) is 0 Å². The third-order valence-electron chi connectivity index (χ3n) is 3.39. The molecular weight excluding hydrogens is 346 g/mol. The fraction of sp³-hybridized carbons (Fsp3) is 0.500. The van der Waals surface area contributed by atoms with Crippen LogP contribution in [0.4, 0.5) is 0 Å². The Balaban J connectivity index is 2.27. The molecule has 0 aliphatic carbocycles. The van der Waals surface area contributed by atoms with E-state index in [4.69, 9.17) is 10.5 Å². The Bertz CT molecular complexity index is 686. The summed E-state index contributed by atoms with van der Waals surface area (Å²) in [5, 5.41) is 5.07. The molecule has 0 aromatic heterocycles. The Morgan fingerprint density at radius 2 is 1.76 bits per heavy atom. The van der Waals surface area contributed by atoms with Crippen molar-refractivity contribution < 1.29 is 22.7 Å². The van der Waals surface area contributed by atoms with Gasteiger partial charge in [-0.05, 0) is 30.2 Å². The fourth-order valence-electron chi connectivity index (χ4n) is 1.79. The molecule has 4 N–H and O–H groups in total. The molecule has 9 heteroatoms. The molecule has 0 aliphatic rings. The maximum absolute atomic E-state index is 11.6. The number of ether oxygens (including phenoxy) is 1. The molecule has 1 aromatic carbocycles. The molecule has 0 unspecified atom stereocenters. The van der Waals surface area contributed by atoms with Crippen molar-refractivity contribution in [3.63, 3.8) is 0 Å². The van der Waals surface area contributed by atoms with E-state index in [9.17, 15) is 18.0 Å². The van der Waals surface area contributed by atoms with Gasteiger partial charge in [0.25, 0.3) is 0 Å². The minimum Gasteiger partial charge on any atom is -0.492 e. The highest BCUT2D eigenvalue weighted by Gasteiger charge is 2.17. The molecule has 0 aliphatic heterocycles. The summed E-state index contributed by atoms with van der Waals surface area (Å²) < 4.78 is 28.1. The first-order valence-electron chi connectivity index (χ1n) is 7.84. The maximum atomic E-state index is 11.6. The van der Waals surface area contributed by atoms with Gasteiger partial charge in [0.15, 0.2) is 9.84 Å². The van der Waals surface area contributed by atoms with Gasteiger partial charge in [-0.3, -0.25) is 9.59 Å². The minimum absolute atomic E-state index is 0.00875. The van der Waals surface area contributed by atoms with Crippen molar-refractivity contribution in [2.75, 3.05) is 26.0 Å². The number of hydrogen-bond donors (Lipinski definition) is 3. The molecule has 1 rings (SSSR count). The summed E-state index contributed by atoms with van der Waals surface area (Å²) >= 11 is 0. The second kappa shape index (κ2) is 9.38. The van der Waals surface area contributed by atoms with E-state index < -0.39 is 15.9 Å². The molecule has 0 heterocycles. The number of nitrogens with two attached hydrogens (primary N) is 1. The Hall–Kier alpha value is -2.13. The lowest BCUT2D eigenvalue weighted by Gasteiger charge is -2.15. The summed E-state index contributed by atoms with van der Waals surface area (Å²) in [7, 11) is -3.24. The molecule has 1 aromatic rings. The first kappa shape index (κ1) is 20.9. The predicted molar refractivity (Wildman–Crippen MR) is 93.9 cm³/mol. The van der Waals surface area contributed by atoms with Crippen molar-refractivity contribution in [2.45, 2.75) is 24.8 Å². The number of benzene rings is 1.